The van der Waals surface area contributed by atoms with Crippen molar-refractivity contribution in [3.63, 3.8) is 0 Å². The molecule has 4 rings (SSSR count). The van der Waals surface area contributed by atoms with Gasteiger partial charge in [-0.2, -0.15) is 5.10 Å². The minimum Gasteiger partial charge on any atom is -0.494 e. The highest BCUT2D eigenvalue weighted by Gasteiger charge is 2.15. The molecule has 5 nitrogen and oxygen atoms in total. The molecule has 0 spiro atoms. The van der Waals surface area contributed by atoms with Crippen LogP contribution in [-0.2, 0) is 6.54 Å². The average Bonchev–Trinajstić information content (AvgIpc) is 3.21. The van der Waals surface area contributed by atoms with Gasteiger partial charge in [0.2, 0.25) is 5.88 Å². The van der Waals surface area contributed by atoms with Gasteiger partial charge in [0.25, 0.3) is 0 Å². The summed E-state index contributed by atoms with van der Waals surface area (Å²) in [6.07, 6.45) is 1.90. The molecule has 0 saturated heterocycles. The number of ether oxygens (including phenoxy) is 1. The maximum atomic E-state index is 10.6. The summed E-state index contributed by atoms with van der Waals surface area (Å²) in [5, 5.41) is 17.8. The highest BCUT2D eigenvalue weighted by molar-refractivity contribution is 6.30. The van der Waals surface area contributed by atoms with Crippen molar-refractivity contribution >= 4 is 22.4 Å². The third-order valence-electron chi connectivity index (χ3n) is 4.83. The van der Waals surface area contributed by atoms with Gasteiger partial charge in [-0.05, 0) is 37.1 Å². The second-order valence-electron chi connectivity index (χ2n) is 7.67. The number of hydrogen-bond donors (Lipinski definition) is 1. The van der Waals surface area contributed by atoms with Gasteiger partial charge in [-0.1, -0.05) is 43.6 Å². The van der Waals surface area contributed by atoms with Crippen LogP contribution in [0.1, 0.15) is 25.1 Å². The van der Waals surface area contributed by atoms with E-state index in [2.05, 4.69) is 13.8 Å². The van der Waals surface area contributed by atoms with Crippen molar-refractivity contribution in [2.45, 2.75) is 27.3 Å². The van der Waals surface area contributed by atoms with E-state index in [1.807, 2.05) is 66.3 Å². The molecule has 0 amide bonds. The average molecular weight is 410 g/mol. The summed E-state index contributed by atoms with van der Waals surface area (Å²) in [5.41, 5.74) is 1.95. The van der Waals surface area contributed by atoms with Crippen molar-refractivity contribution in [3.8, 4) is 17.4 Å². The molecule has 2 aromatic carbocycles. The first-order valence-electron chi connectivity index (χ1n) is 9.67. The van der Waals surface area contributed by atoms with Gasteiger partial charge in [0.1, 0.15) is 5.75 Å². The van der Waals surface area contributed by atoms with Gasteiger partial charge in [0, 0.05) is 39.3 Å². The minimum absolute atomic E-state index is 0.189. The number of nitrogens with zero attached hydrogens (tertiary/aromatic N) is 3. The third-order valence-corrected chi connectivity index (χ3v) is 5.06. The fourth-order valence-electron chi connectivity index (χ4n) is 3.32. The zero-order valence-electron chi connectivity index (χ0n) is 16.8. The molecule has 4 aromatic rings. The molecule has 2 heterocycles. The van der Waals surface area contributed by atoms with Crippen LogP contribution >= 0.6 is 11.6 Å². The van der Waals surface area contributed by atoms with E-state index in [4.69, 9.17) is 21.4 Å². The van der Waals surface area contributed by atoms with Crippen LogP contribution in [0.4, 0.5) is 0 Å². The fourth-order valence-corrected chi connectivity index (χ4v) is 3.51. The Morgan fingerprint density at radius 3 is 2.69 bits per heavy atom. The van der Waals surface area contributed by atoms with Crippen LogP contribution in [0.25, 0.3) is 16.6 Å². The van der Waals surface area contributed by atoms with Gasteiger partial charge < -0.3 is 9.84 Å². The lowest BCUT2D eigenvalue weighted by molar-refractivity contribution is 0.268. The van der Waals surface area contributed by atoms with Gasteiger partial charge in [-0.3, -0.25) is 9.25 Å². The molecule has 150 valence electrons. The Bertz CT molecular complexity index is 1160. The van der Waals surface area contributed by atoms with E-state index in [-0.39, 0.29) is 5.88 Å². The first kappa shape index (κ1) is 19.4. The molecule has 0 aliphatic carbocycles. The van der Waals surface area contributed by atoms with Gasteiger partial charge in [0.05, 0.1) is 13.2 Å². The number of benzene rings is 2. The zero-order chi connectivity index (χ0) is 20.5. The number of rotatable bonds is 6. The van der Waals surface area contributed by atoms with Crippen LogP contribution in [0.3, 0.4) is 0 Å². The van der Waals surface area contributed by atoms with Gasteiger partial charge >= 0.3 is 0 Å². The molecular formula is C23H24ClN3O2. The minimum atomic E-state index is 0.189. The molecule has 6 heteroatoms. The van der Waals surface area contributed by atoms with Gasteiger partial charge in [-0.25, -0.2) is 0 Å². The molecule has 0 radical (unpaired) electrons. The van der Waals surface area contributed by atoms with Crippen molar-refractivity contribution in [1.82, 2.24) is 14.3 Å². The Morgan fingerprint density at radius 2 is 1.93 bits per heavy atom. The van der Waals surface area contributed by atoms with E-state index in [9.17, 15) is 5.11 Å². The summed E-state index contributed by atoms with van der Waals surface area (Å²) in [7, 11) is 0. The first-order valence-corrected chi connectivity index (χ1v) is 10.1. The molecule has 29 heavy (non-hydrogen) atoms. The van der Waals surface area contributed by atoms with Crippen LogP contribution in [0, 0.1) is 12.8 Å². The summed E-state index contributed by atoms with van der Waals surface area (Å²) in [6, 6.07) is 15.4. The predicted octanol–water partition coefficient (Wildman–Crippen LogP) is 5.58. The van der Waals surface area contributed by atoms with Gasteiger partial charge in [-0.15, -0.1) is 0 Å². The number of fused-ring (bicyclic) bond motifs is 1. The van der Waals surface area contributed by atoms with Crippen LogP contribution < -0.4 is 4.74 Å². The molecule has 0 aliphatic rings. The van der Waals surface area contributed by atoms with Crippen molar-refractivity contribution in [2.24, 2.45) is 5.92 Å². The van der Waals surface area contributed by atoms with Crippen LogP contribution in [0.2, 0.25) is 5.02 Å². The summed E-state index contributed by atoms with van der Waals surface area (Å²) >= 11 is 6.23. The second kappa shape index (κ2) is 7.84. The fraction of sp³-hybridized carbons (Fsp3) is 0.261. The number of aryl methyl sites for hydroxylation is 1. The largest absolute Gasteiger partial charge is 0.494 e. The Labute approximate surface area is 175 Å². The van der Waals surface area contributed by atoms with E-state index in [1.54, 1.807) is 4.57 Å². The Hall–Kier alpha value is -2.92. The van der Waals surface area contributed by atoms with Crippen molar-refractivity contribution in [2.75, 3.05) is 6.61 Å². The van der Waals surface area contributed by atoms with Crippen molar-refractivity contribution in [1.29, 1.82) is 0 Å². The van der Waals surface area contributed by atoms with E-state index < -0.39 is 0 Å². The lowest BCUT2D eigenvalue weighted by Gasteiger charge is -2.14. The highest BCUT2D eigenvalue weighted by Crippen LogP contribution is 2.30. The van der Waals surface area contributed by atoms with E-state index in [0.29, 0.717) is 29.9 Å². The second-order valence-corrected chi connectivity index (χ2v) is 8.10. The molecule has 0 atom stereocenters. The quantitative estimate of drug-likeness (QED) is 0.452. The first-order chi connectivity index (χ1) is 13.9. The molecule has 0 aliphatic heterocycles. The molecule has 1 N–H and O–H groups in total. The van der Waals surface area contributed by atoms with E-state index in [1.165, 1.54) is 0 Å². The predicted molar refractivity (Wildman–Crippen MR) is 116 cm³/mol. The molecule has 0 bridgehead atoms. The van der Waals surface area contributed by atoms with E-state index >= 15 is 0 Å². The summed E-state index contributed by atoms with van der Waals surface area (Å²) in [4.78, 5) is 0. The topological polar surface area (TPSA) is 52.2 Å². The van der Waals surface area contributed by atoms with Gasteiger partial charge in [0.15, 0.2) is 5.82 Å². The molecule has 0 saturated carbocycles. The Balaban J connectivity index is 1.67. The molecule has 0 unspecified atom stereocenters. The van der Waals surface area contributed by atoms with Crippen molar-refractivity contribution in [3.05, 3.63) is 71.0 Å². The van der Waals surface area contributed by atoms with Crippen LogP contribution in [0.5, 0.6) is 11.6 Å². The third kappa shape index (κ3) is 3.96. The summed E-state index contributed by atoms with van der Waals surface area (Å²) < 4.78 is 9.58. The van der Waals surface area contributed by atoms with Crippen LogP contribution in [-0.4, -0.2) is 26.1 Å². The number of aromatic nitrogens is 3. The van der Waals surface area contributed by atoms with Crippen LogP contribution in [0.15, 0.2) is 54.7 Å². The summed E-state index contributed by atoms with van der Waals surface area (Å²) in [5.74, 6) is 2.10. The zero-order valence-corrected chi connectivity index (χ0v) is 17.5. The lowest BCUT2D eigenvalue weighted by Crippen LogP contribution is -2.09. The Morgan fingerprint density at radius 1 is 1.14 bits per heavy atom. The molecule has 2 aromatic heterocycles. The maximum absolute atomic E-state index is 10.6. The Kier molecular flexibility index (Phi) is 5.24. The smallest absolute Gasteiger partial charge is 0.204 e. The normalized spacial score (nSPS) is 11.5. The monoisotopic (exact) mass is 409 g/mol. The standard InChI is InChI=1S/C23H24ClN3O2/c1-15(2)14-29-21-9-8-19(24)11-18(21)13-27-16(3)10-22(25-27)26-12-17-6-4-5-7-20(17)23(26)28/h4-12,15,28H,13-14H2,1-3H3. The highest BCUT2D eigenvalue weighted by atomic mass is 35.5. The van der Waals surface area contributed by atoms with Crippen molar-refractivity contribution < 1.29 is 9.84 Å². The number of halogens is 1. The molecule has 0 fully saturated rings. The molecular weight excluding hydrogens is 386 g/mol. The number of hydrogen-bond acceptors (Lipinski definition) is 3. The number of aromatic hydroxyl groups is 1. The maximum Gasteiger partial charge on any atom is 0.204 e. The van der Waals surface area contributed by atoms with E-state index in [0.717, 1.165) is 27.8 Å². The summed E-state index contributed by atoms with van der Waals surface area (Å²) in [6.45, 7) is 7.40. The lowest BCUT2D eigenvalue weighted by atomic mass is 10.2. The SMILES string of the molecule is Cc1cc(-n2cc3ccccc3c2O)nn1Cc1cc(Cl)ccc1OCC(C)C.